The summed E-state index contributed by atoms with van der Waals surface area (Å²) in [5, 5.41) is 0. The Balaban J connectivity index is 2.66. The van der Waals surface area contributed by atoms with Gasteiger partial charge in [0.2, 0.25) is 0 Å². The maximum absolute atomic E-state index is 12.3. The molecule has 0 aromatic rings. The average Bonchev–Trinajstić information content (AvgIpc) is 2.22. The van der Waals surface area contributed by atoms with Crippen molar-refractivity contribution in [3.05, 3.63) is 0 Å². The van der Waals surface area contributed by atoms with E-state index in [-0.39, 0.29) is 5.92 Å². The second kappa shape index (κ2) is 6.53. The topological polar surface area (TPSA) is 26.3 Å². The SMILES string of the molecule is COCC1CC(C)CC(C(=O)CC(C)C)C1C. The van der Waals surface area contributed by atoms with Crippen LogP contribution >= 0.6 is 0 Å². The van der Waals surface area contributed by atoms with Gasteiger partial charge in [0.25, 0.3) is 0 Å². The lowest BCUT2D eigenvalue weighted by Crippen LogP contribution is -2.37. The number of carbonyl (C=O) groups excluding carboxylic acids is 1. The number of ether oxygens (including phenoxy) is 1. The molecule has 0 bridgehead atoms. The molecule has 0 amide bonds. The van der Waals surface area contributed by atoms with Crippen LogP contribution < -0.4 is 0 Å². The summed E-state index contributed by atoms with van der Waals surface area (Å²) in [5.74, 6) is 2.92. The van der Waals surface area contributed by atoms with Gasteiger partial charge in [0.05, 0.1) is 0 Å². The van der Waals surface area contributed by atoms with E-state index >= 15 is 0 Å². The summed E-state index contributed by atoms with van der Waals surface area (Å²) in [6.07, 6.45) is 3.02. The zero-order valence-electron chi connectivity index (χ0n) is 12.0. The van der Waals surface area contributed by atoms with Crippen molar-refractivity contribution in [2.75, 3.05) is 13.7 Å². The van der Waals surface area contributed by atoms with Crippen LogP contribution in [-0.2, 0) is 9.53 Å². The Morgan fingerprint density at radius 3 is 2.47 bits per heavy atom. The molecule has 100 valence electrons. The van der Waals surface area contributed by atoms with Gasteiger partial charge < -0.3 is 4.74 Å². The smallest absolute Gasteiger partial charge is 0.136 e. The first kappa shape index (κ1) is 14.7. The van der Waals surface area contributed by atoms with E-state index in [1.165, 1.54) is 6.42 Å². The van der Waals surface area contributed by atoms with Gasteiger partial charge in [-0.15, -0.1) is 0 Å². The third-order valence-corrected chi connectivity index (χ3v) is 4.14. The molecule has 0 aromatic carbocycles. The van der Waals surface area contributed by atoms with Crippen LogP contribution in [0.1, 0.15) is 47.0 Å². The standard InChI is InChI=1S/C15H28O2/c1-10(2)6-15(16)14-8-11(3)7-13(9-17-5)12(14)4/h10-14H,6-9H2,1-5H3. The van der Waals surface area contributed by atoms with Gasteiger partial charge in [0.1, 0.15) is 5.78 Å². The summed E-state index contributed by atoms with van der Waals surface area (Å²) in [4.78, 5) is 12.3. The molecule has 0 aromatic heterocycles. The summed E-state index contributed by atoms with van der Waals surface area (Å²) in [5.41, 5.74) is 0. The minimum absolute atomic E-state index is 0.265. The lowest BCUT2D eigenvalue weighted by Gasteiger charge is -2.38. The molecule has 0 N–H and O–H groups in total. The maximum atomic E-state index is 12.3. The molecule has 1 fully saturated rings. The van der Waals surface area contributed by atoms with Crippen molar-refractivity contribution >= 4 is 5.78 Å². The Hall–Kier alpha value is -0.370. The van der Waals surface area contributed by atoms with Crippen LogP contribution in [0.4, 0.5) is 0 Å². The van der Waals surface area contributed by atoms with Crippen molar-refractivity contribution in [1.82, 2.24) is 0 Å². The Morgan fingerprint density at radius 2 is 1.94 bits per heavy atom. The molecule has 4 unspecified atom stereocenters. The number of hydrogen-bond acceptors (Lipinski definition) is 2. The second-order valence-electron chi connectivity index (χ2n) is 6.32. The van der Waals surface area contributed by atoms with E-state index in [4.69, 9.17) is 4.74 Å². The summed E-state index contributed by atoms with van der Waals surface area (Å²) >= 11 is 0. The van der Waals surface area contributed by atoms with E-state index in [2.05, 4.69) is 27.7 Å². The third kappa shape index (κ3) is 4.09. The van der Waals surface area contributed by atoms with Crippen molar-refractivity contribution in [3.63, 3.8) is 0 Å². The number of methoxy groups -OCH3 is 1. The van der Waals surface area contributed by atoms with Crippen LogP contribution in [0.3, 0.4) is 0 Å². The van der Waals surface area contributed by atoms with E-state index in [9.17, 15) is 4.79 Å². The maximum Gasteiger partial charge on any atom is 0.136 e. The minimum Gasteiger partial charge on any atom is -0.384 e. The first-order valence-corrected chi connectivity index (χ1v) is 6.97. The molecule has 1 saturated carbocycles. The molecule has 0 spiro atoms. The van der Waals surface area contributed by atoms with Gasteiger partial charge in [-0.3, -0.25) is 4.79 Å². The summed E-state index contributed by atoms with van der Waals surface area (Å²) < 4.78 is 5.30. The van der Waals surface area contributed by atoms with Crippen LogP contribution in [0.25, 0.3) is 0 Å². The lowest BCUT2D eigenvalue weighted by atomic mass is 9.67. The fraction of sp³-hybridized carbons (Fsp3) is 0.933. The predicted octanol–water partition coefficient (Wildman–Crippen LogP) is 3.55. The molecule has 1 rings (SSSR count). The fourth-order valence-corrected chi connectivity index (χ4v) is 3.22. The Bertz CT molecular complexity index is 247. The predicted molar refractivity (Wildman–Crippen MR) is 70.9 cm³/mol. The molecule has 2 heteroatoms. The van der Waals surface area contributed by atoms with Gasteiger partial charge in [0.15, 0.2) is 0 Å². The number of rotatable bonds is 5. The first-order valence-electron chi connectivity index (χ1n) is 6.97. The van der Waals surface area contributed by atoms with Gasteiger partial charge in [-0.05, 0) is 36.5 Å². The molecule has 1 aliphatic carbocycles. The van der Waals surface area contributed by atoms with Crippen LogP contribution in [0, 0.1) is 29.6 Å². The second-order valence-corrected chi connectivity index (χ2v) is 6.32. The van der Waals surface area contributed by atoms with E-state index in [0.29, 0.717) is 29.5 Å². The van der Waals surface area contributed by atoms with Crippen LogP contribution in [0.5, 0.6) is 0 Å². The van der Waals surface area contributed by atoms with E-state index in [1.54, 1.807) is 7.11 Å². The normalized spacial score (nSPS) is 34.0. The number of ketones is 1. The van der Waals surface area contributed by atoms with Crippen molar-refractivity contribution in [2.24, 2.45) is 29.6 Å². The molecule has 0 heterocycles. The molecule has 1 aliphatic rings. The molecule has 0 saturated heterocycles. The quantitative estimate of drug-likeness (QED) is 0.734. The molecule has 0 aliphatic heterocycles. The van der Waals surface area contributed by atoms with E-state index < -0.39 is 0 Å². The third-order valence-electron chi connectivity index (χ3n) is 4.14. The van der Waals surface area contributed by atoms with Crippen molar-refractivity contribution in [2.45, 2.75) is 47.0 Å². The number of hydrogen-bond donors (Lipinski definition) is 0. The van der Waals surface area contributed by atoms with Crippen molar-refractivity contribution in [1.29, 1.82) is 0 Å². The molecular formula is C15H28O2. The molecule has 17 heavy (non-hydrogen) atoms. The van der Waals surface area contributed by atoms with Crippen LogP contribution in [-0.4, -0.2) is 19.5 Å². The van der Waals surface area contributed by atoms with Gasteiger partial charge in [-0.2, -0.15) is 0 Å². The number of carbonyl (C=O) groups is 1. The van der Waals surface area contributed by atoms with Crippen molar-refractivity contribution in [3.8, 4) is 0 Å². The number of Topliss-reactive ketones (excluding diaryl/α,β-unsaturated/α-hetero) is 1. The van der Waals surface area contributed by atoms with Gasteiger partial charge >= 0.3 is 0 Å². The van der Waals surface area contributed by atoms with E-state index in [1.807, 2.05) is 0 Å². The molecule has 0 radical (unpaired) electrons. The zero-order valence-corrected chi connectivity index (χ0v) is 12.0. The molecular weight excluding hydrogens is 212 g/mol. The summed E-state index contributed by atoms with van der Waals surface area (Å²) in [6.45, 7) is 9.56. The van der Waals surface area contributed by atoms with Gasteiger partial charge in [-0.25, -0.2) is 0 Å². The Morgan fingerprint density at radius 1 is 1.29 bits per heavy atom. The largest absolute Gasteiger partial charge is 0.384 e. The van der Waals surface area contributed by atoms with Crippen LogP contribution in [0.15, 0.2) is 0 Å². The first-order chi connectivity index (χ1) is 7.95. The molecule has 4 atom stereocenters. The highest BCUT2D eigenvalue weighted by molar-refractivity contribution is 5.81. The lowest BCUT2D eigenvalue weighted by molar-refractivity contribution is -0.128. The van der Waals surface area contributed by atoms with Gasteiger partial charge in [-0.1, -0.05) is 27.7 Å². The summed E-state index contributed by atoms with van der Waals surface area (Å²) in [6, 6.07) is 0. The Labute approximate surface area is 106 Å². The Kier molecular flexibility index (Phi) is 5.64. The highest BCUT2D eigenvalue weighted by Crippen LogP contribution is 2.39. The van der Waals surface area contributed by atoms with Crippen LogP contribution in [0.2, 0.25) is 0 Å². The molecule has 2 nitrogen and oxygen atoms in total. The zero-order chi connectivity index (χ0) is 13.0. The monoisotopic (exact) mass is 240 g/mol. The van der Waals surface area contributed by atoms with E-state index in [0.717, 1.165) is 19.4 Å². The van der Waals surface area contributed by atoms with Crippen molar-refractivity contribution < 1.29 is 9.53 Å². The fourth-order valence-electron chi connectivity index (χ4n) is 3.22. The van der Waals surface area contributed by atoms with Gasteiger partial charge in [0, 0.05) is 26.1 Å². The summed E-state index contributed by atoms with van der Waals surface area (Å²) in [7, 11) is 1.76. The average molecular weight is 240 g/mol. The minimum atomic E-state index is 0.265. The highest BCUT2D eigenvalue weighted by Gasteiger charge is 2.36. The highest BCUT2D eigenvalue weighted by atomic mass is 16.5.